The number of nitrogens with zero attached hydrogens (tertiary/aromatic N) is 3. The first-order valence-electron chi connectivity index (χ1n) is 9.87. The average molecular weight is 389 g/mol. The second-order valence-electron chi connectivity index (χ2n) is 7.33. The Hall–Kier alpha value is -2.25. The van der Waals surface area contributed by atoms with E-state index in [0.717, 1.165) is 19.6 Å². The first-order chi connectivity index (χ1) is 13.4. The molecule has 2 amide bonds. The molecule has 1 fully saturated rings. The van der Waals surface area contributed by atoms with Crippen molar-refractivity contribution in [3.8, 4) is 0 Å². The monoisotopic (exact) mass is 389 g/mol. The molecule has 28 heavy (non-hydrogen) atoms. The molecule has 1 aromatic rings. The molecule has 6 nitrogen and oxygen atoms in total. The molecule has 0 unspecified atom stereocenters. The molecule has 2 aliphatic heterocycles. The van der Waals surface area contributed by atoms with Gasteiger partial charge in [-0.25, -0.2) is 4.39 Å². The van der Waals surface area contributed by atoms with Gasteiger partial charge in [0.15, 0.2) is 0 Å². The summed E-state index contributed by atoms with van der Waals surface area (Å²) in [6, 6.07) is 5.76. The number of imide groups is 1. The van der Waals surface area contributed by atoms with Crippen molar-refractivity contribution in [1.29, 1.82) is 0 Å². The minimum absolute atomic E-state index is 0.0268. The lowest BCUT2D eigenvalue weighted by Crippen LogP contribution is -2.47. The molecule has 0 atom stereocenters. The van der Waals surface area contributed by atoms with Crippen LogP contribution >= 0.6 is 0 Å². The highest BCUT2D eigenvalue weighted by molar-refractivity contribution is 6.35. The van der Waals surface area contributed by atoms with E-state index in [-0.39, 0.29) is 30.3 Å². The predicted molar refractivity (Wildman–Crippen MR) is 105 cm³/mol. The van der Waals surface area contributed by atoms with E-state index in [1.54, 1.807) is 12.1 Å². The predicted octanol–water partition coefficient (Wildman–Crippen LogP) is 1.97. The first-order valence-corrected chi connectivity index (χ1v) is 9.87. The van der Waals surface area contributed by atoms with Crippen molar-refractivity contribution >= 4 is 17.4 Å². The number of carbonyl (C=O) groups is 2. The van der Waals surface area contributed by atoms with E-state index in [4.69, 9.17) is 4.74 Å². The van der Waals surface area contributed by atoms with Crippen LogP contribution in [0.4, 0.5) is 4.39 Å². The molecule has 1 saturated heterocycles. The summed E-state index contributed by atoms with van der Waals surface area (Å²) in [5.74, 6) is -1.00. The van der Waals surface area contributed by atoms with Crippen molar-refractivity contribution in [2.75, 3.05) is 45.9 Å². The largest absolute Gasteiger partial charge is 0.377 e. The van der Waals surface area contributed by atoms with Crippen LogP contribution in [0.3, 0.4) is 0 Å². The Bertz CT molecular complexity index is 753. The number of benzene rings is 1. The Morgan fingerprint density at radius 1 is 1.04 bits per heavy atom. The van der Waals surface area contributed by atoms with Crippen LogP contribution in [0, 0.1) is 5.82 Å². The van der Waals surface area contributed by atoms with Crippen LogP contribution in [0.25, 0.3) is 5.57 Å². The molecule has 0 aliphatic carbocycles. The van der Waals surface area contributed by atoms with Gasteiger partial charge in [0.2, 0.25) is 0 Å². The number of ether oxygens (including phenoxy) is 1. The normalized spacial score (nSPS) is 18.8. The molecule has 0 spiro atoms. The van der Waals surface area contributed by atoms with E-state index in [0.29, 0.717) is 36.5 Å². The fraction of sp³-hybridized carbons (Fsp3) is 0.524. The maximum Gasteiger partial charge on any atom is 0.277 e. The van der Waals surface area contributed by atoms with E-state index in [9.17, 15) is 14.0 Å². The van der Waals surface area contributed by atoms with Crippen molar-refractivity contribution in [3.63, 3.8) is 0 Å². The van der Waals surface area contributed by atoms with Gasteiger partial charge in [0.05, 0.1) is 24.8 Å². The highest BCUT2D eigenvalue weighted by atomic mass is 19.1. The van der Waals surface area contributed by atoms with Gasteiger partial charge in [-0.2, -0.15) is 0 Å². The second kappa shape index (κ2) is 8.84. The Morgan fingerprint density at radius 2 is 1.68 bits per heavy atom. The van der Waals surface area contributed by atoms with Crippen molar-refractivity contribution in [2.45, 2.75) is 26.9 Å². The van der Waals surface area contributed by atoms with Gasteiger partial charge in [0.1, 0.15) is 11.5 Å². The average Bonchev–Trinajstić information content (AvgIpc) is 2.93. The molecule has 2 heterocycles. The number of carbonyl (C=O) groups excluding carboxylic acids is 2. The fourth-order valence-corrected chi connectivity index (χ4v) is 3.60. The van der Waals surface area contributed by atoms with Crippen LogP contribution in [0.1, 0.15) is 26.3 Å². The quantitative estimate of drug-likeness (QED) is 0.668. The van der Waals surface area contributed by atoms with E-state index < -0.39 is 0 Å². The standard InChI is InChI=1S/C21H28FN3O3/c1-4-23-9-11-24(12-10-23)19-18(16-5-7-17(22)8-6-16)20(26)25(21(19)27)13-14-28-15(2)3/h5-8,15H,4,9-14H2,1-3H3. The number of likely N-dealkylation sites (N-methyl/N-ethyl adjacent to an activating group) is 1. The molecule has 0 bridgehead atoms. The molecule has 1 aromatic carbocycles. The Balaban J connectivity index is 1.90. The molecule has 2 aliphatic rings. The minimum atomic E-state index is -0.374. The van der Waals surface area contributed by atoms with E-state index in [1.807, 2.05) is 18.7 Å². The Labute approximate surface area is 165 Å². The van der Waals surface area contributed by atoms with Crippen LogP contribution in [-0.2, 0) is 14.3 Å². The van der Waals surface area contributed by atoms with E-state index in [2.05, 4.69) is 11.8 Å². The highest BCUT2D eigenvalue weighted by Gasteiger charge is 2.41. The van der Waals surface area contributed by atoms with Crippen molar-refractivity contribution in [2.24, 2.45) is 0 Å². The molecule has 0 saturated carbocycles. The first kappa shape index (κ1) is 20.5. The third-order valence-electron chi connectivity index (χ3n) is 5.18. The van der Waals surface area contributed by atoms with Crippen LogP contribution in [0.15, 0.2) is 30.0 Å². The number of hydrogen-bond donors (Lipinski definition) is 0. The number of rotatable bonds is 7. The molecular weight excluding hydrogens is 361 g/mol. The van der Waals surface area contributed by atoms with Crippen molar-refractivity contribution in [1.82, 2.24) is 14.7 Å². The maximum absolute atomic E-state index is 13.4. The lowest BCUT2D eigenvalue weighted by molar-refractivity contribution is -0.138. The van der Waals surface area contributed by atoms with Crippen molar-refractivity contribution < 1.29 is 18.7 Å². The number of halogens is 1. The summed E-state index contributed by atoms with van der Waals surface area (Å²) in [5, 5.41) is 0. The van der Waals surface area contributed by atoms with Gasteiger partial charge >= 0.3 is 0 Å². The van der Waals surface area contributed by atoms with Crippen LogP contribution in [-0.4, -0.2) is 78.5 Å². The second-order valence-corrected chi connectivity index (χ2v) is 7.33. The van der Waals surface area contributed by atoms with Gasteiger partial charge in [0, 0.05) is 26.2 Å². The minimum Gasteiger partial charge on any atom is -0.377 e. The van der Waals surface area contributed by atoms with Crippen LogP contribution in [0.5, 0.6) is 0 Å². The maximum atomic E-state index is 13.4. The summed E-state index contributed by atoms with van der Waals surface area (Å²) in [6.07, 6.45) is 0.0268. The summed E-state index contributed by atoms with van der Waals surface area (Å²) in [5.41, 5.74) is 1.36. The van der Waals surface area contributed by atoms with E-state index >= 15 is 0 Å². The van der Waals surface area contributed by atoms with Gasteiger partial charge in [-0.3, -0.25) is 14.5 Å². The van der Waals surface area contributed by atoms with Gasteiger partial charge in [-0.1, -0.05) is 19.1 Å². The van der Waals surface area contributed by atoms with Crippen molar-refractivity contribution in [3.05, 3.63) is 41.3 Å². The zero-order chi connectivity index (χ0) is 20.3. The molecular formula is C21H28FN3O3. The molecule has 0 N–H and O–H groups in total. The third-order valence-corrected chi connectivity index (χ3v) is 5.18. The lowest BCUT2D eigenvalue weighted by Gasteiger charge is -2.36. The molecule has 0 radical (unpaired) electrons. The van der Waals surface area contributed by atoms with Crippen LogP contribution < -0.4 is 0 Å². The Kier molecular flexibility index (Phi) is 6.46. The molecule has 7 heteroatoms. The van der Waals surface area contributed by atoms with Gasteiger partial charge in [-0.15, -0.1) is 0 Å². The molecule has 152 valence electrons. The number of piperazine rings is 1. The zero-order valence-corrected chi connectivity index (χ0v) is 16.8. The van der Waals surface area contributed by atoms with Gasteiger partial charge in [0.25, 0.3) is 11.8 Å². The number of hydrogen-bond acceptors (Lipinski definition) is 5. The third kappa shape index (κ3) is 4.25. The summed E-state index contributed by atoms with van der Waals surface area (Å²) in [7, 11) is 0. The topological polar surface area (TPSA) is 53.1 Å². The summed E-state index contributed by atoms with van der Waals surface area (Å²) in [6.45, 7) is 10.4. The molecule has 3 rings (SSSR count). The zero-order valence-electron chi connectivity index (χ0n) is 16.8. The van der Waals surface area contributed by atoms with Crippen LogP contribution in [0.2, 0.25) is 0 Å². The summed E-state index contributed by atoms with van der Waals surface area (Å²) >= 11 is 0. The lowest BCUT2D eigenvalue weighted by atomic mass is 10.0. The highest BCUT2D eigenvalue weighted by Crippen LogP contribution is 2.32. The van der Waals surface area contributed by atoms with Gasteiger partial charge in [-0.05, 0) is 38.1 Å². The SMILES string of the molecule is CCN1CCN(C2=C(c3ccc(F)cc3)C(=O)N(CCOC(C)C)C2=O)CC1. The molecule has 0 aromatic heterocycles. The summed E-state index contributed by atoms with van der Waals surface area (Å²) < 4.78 is 18.9. The number of amides is 2. The summed E-state index contributed by atoms with van der Waals surface area (Å²) in [4.78, 5) is 31.8. The van der Waals surface area contributed by atoms with E-state index in [1.165, 1.54) is 17.0 Å². The van der Waals surface area contributed by atoms with Gasteiger partial charge < -0.3 is 14.5 Å². The Morgan fingerprint density at radius 3 is 2.25 bits per heavy atom. The fourth-order valence-electron chi connectivity index (χ4n) is 3.60. The smallest absolute Gasteiger partial charge is 0.277 e.